The average molecular weight is 345 g/mol. The van der Waals surface area contributed by atoms with Crippen molar-refractivity contribution in [3.63, 3.8) is 0 Å². The lowest BCUT2D eigenvalue weighted by Crippen LogP contribution is -2.13. The third-order valence-electron chi connectivity index (χ3n) is 2.33. The van der Waals surface area contributed by atoms with Gasteiger partial charge < -0.3 is 10.5 Å². The minimum atomic E-state index is -0.715. The topological polar surface area (TPSA) is 52.3 Å². The van der Waals surface area contributed by atoms with Gasteiger partial charge in [-0.05, 0) is 40.2 Å². The van der Waals surface area contributed by atoms with Crippen molar-refractivity contribution in [3.05, 3.63) is 57.3 Å². The van der Waals surface area contributed by atoms with Crippen LogP contribution < -0.4 is 10.5 Å². The van der Waals surface area contributed by atoms with E-state index in [1.165, 1.54) is 30.3 Å². The lowest BCUT2D eigenvalue weighted by atomic mass is 10.2. The van der Waals surface area contributed by atoms with Crippen molar-refractivity contribution in [2.24, 2.45) is 5.73 Å². The molecule has 0 bridgehead atoms. The highest BCUT2D eigenvalue weighted by molar-refractivity contribution is 9.10. The maximum absolute atomic E-state index is 13.2. The Morgan fingerprint density at radius 2 is 2.00 bits per heavy atom. The molecule has 0 saturated heterocycles. The number of carbonyl (C=O) groups is 1. The van der Waals surface area contributed by atoms with Gasteiger partial charge in [-0.1, -0.05) is 17.7 Å². The van der Waals surface area contributed by atoms with E-state index in [2.05, 4.69) is 15.9 Å². The molecule has 2 aromatic rings. The first kappa shape index (κ1) is 13.8. The lowest BCUT2D eigenvalue weighted by molar-refractivity contribution is 0.0998. The van der Waals surface area contributed by atoms with Gasteiger partial charge in [-0.3, -0.25) is 4.79 Å². The molecule has 0 aliphatic rings. The molecule has 6 heteroatoms. The molecule has 2 rings (SSSR count). The maximum Gasteiger partial charge on any atom is 0.254 e. The quantitative estimate of drug-likeness (QED) is 0.910. The summed E-state index contributed by atoms with van der Waals surface area (Å²) in [6, 6.07) is 8.63. The molecule has 2 N–H and O–H groups in total. The summed E-state index contributed by atoms with van der Waals surface area (Å²) in [5.41, 5.74) is 5.30. The monoisotopic (exact) mass is 343 g/mol. The van der Waals surface area contributed by atoms with Gasteiger partial charge in [-0.2, -0.15) is 0 Å². The van der Waals surface area contributed by atoms with Gasteiger partial charge >= 0.3 is 0 Å². The van der Waals surface area contributed by atoms with E-state index in [4.69, 9.17) is 22.1 Å². The standard InChI is InChI=1S/C13H8BrClFNO2/c14-8-5-4-7(16)6-11(8)19-10-3-1-2-9(15)12(10)13(17)18/h1-6H,(H2,17,18). The summed E-state index contributed by atoms with van der Waals surface area (Å²) in [7, 11) is 0. The van der Waals surface area contributed by atoms with Crippen LogP contribution in [0.5, 0.6) is 11.5 Å². The van der Waals surface area contributed by atoms with Crippen LogP contribution in [-0.2, 0) is 0 Å². The van der Waals surface area contributed by atoms with E-state index in [0.717, 1.165) is 0 Å². The molecule has 0 aliphatic carbocycles. The number of rotatable bonds is 3. The summed E-state index contributed by atoms with van der Waals surface area (Å²) < 4.78 is 19.2. The largest absolute Gasteiger partial charge is 0.455 e. The molecule has 3 nitrogen and oxygen atoms in total. The van der Waals surface area contributed by atoms with E-state index >= 15 is 0 Å². The Labute approximate surface area is 122 Å². The van der Waals surface area contributed by atoms with Crippen molar-refractivity contribution in [2.75, 3.05) is 0 Å². The van der Waals surface area contributed by atoms with Crippen LogP contribution in [0.1, 0.15) is 10.4 Å². The highest BCUT2D eigenvalue weighted by Gasteiger charge is 2.15. The van der Waals surface area contributed by atoms with Crippen LogP contribution in [0, 0.1) is 5.82 Å². The van der Waals surface area contributed by atoms with E-state index in [-0.39, 0.29) is 22.1 Å². The summed E-state index contributed by atoms with van der Waals surface area (Å²) >= 11 is 9.12. The van der Waals surface area contributed by atoms with Crippen LogP contribution in [-0.4, -0.2) is 5.91 Å². The van der Waals surface area contributed by atoms with Crippen LogP contribution in [0.15, 0.2) is 40.9 Å². The summed E-state index contributed by atoms with van der Waals surface area (Å²) in [5, 5.41) is 0.178. The van der Waals surface area contributed by atoms with Crippen LogP contribution in [0.4, 0.5) is 4.39 Å². The maximum atomic E-state index is 13.2. The summed E-state index contributed by atoms with van der Waals surface area (Å²) in [6.45, 7) is 0. The van der Waals surface area contributed by atoms with Crippen LogP contribution >= 0.6 is 27.5 Å². The minimum Gasteiger partial charge on any atom is -0.455 e. The van der Waals surface area contributed by atoms with E-state index < -0.39 is 11.7 Å². The van der Waals surface area contributed by atoms with Gasteiger partial charge in [-0.15, -0.1) is 0 Å². The fourth-order valence-corrected chi connectivity index (χ4v) is 2.09. The van der Waals surface area contributed by atoms with Crippen molar-refractivity contribution >= 4 is 33.4 Å². The second kappa shape index (κ2) is 5.59. The molecule has 0 aliphatic heterocycles. The third-order valence-corrected chi connectivity index (χ3v) is 3.31. The SMILES string of the molecule is NC(=O)c1c(Cl)cccc1Oc1cc(F)ccc1Br. The number of hydrogen-bond acceptors (Lipinski definition) is 2. The molecular formula is C13H8BrClFNO2. The van der Waals surface area contributed by atoms with Gasteiger partial charge in [0.15, 0.2) is 0 Å². The predicted octanol–water partition coefficient (Wildman–Crippen LogP) is 4.13. The fraction of sp³-hybridized carbons (Fsp3) is 0. The van der Waals surface area contributed by atoms with E-state index in [0.29, 0.717) is 4.47 Å². The van der Waals surface area contributed by atoms with Gasteiger partial charge in [0.05, 0.1) is 9.50 Å². The number of primary amides is 1. The van der Waals surface area contributed by atoms with Crippen molar-refractivity contribution in [3.8, 4) is 11.5 Å². The molecule has 19 heavy (non-hydrogen) atoms. The fourth-order valence-electron chi connectivity index (χ4n) is 1.50. The number of nitrogens with two attached hydrogens (primary N) is 1. The molecule has 0 heterocycles. The van der Waals surface area contributed by atoms with Gasteiger partial charge in [-0.25, -0.2) is 4.39 Å². The third kappa shape index (κ3) is 3.05. The van der Waals surface area contributed by atoms with Crippen LogP contribution in [0.25, 0.3) is 0 Å². The number of ether oxygens (including phenoxy) is 1. The van der Waals surface area contributed by atoms with Crippen LogP contribution in [0.3, 0.4) is 0 Å². The molecule has 2 aromatic carbocycles. The number of hydrogen-bond donors (Lipinski definition) is 1. The number of benzene rings is 2. The van der Waals surface area contributed by atoms with Crippen molar-refractivity contribution < 1.29 is 13.9 Å². The highest BCUT2D eigenvalue weighted by Crippen LogP contribution is 2.34. The molecule has 0 saturated carbocycles. The van der Waals surface area contributed by atoms with E-state index in [1.54, 1.807) is 6.07 Å². The molecule has 0 aromatic heterocycles. The first-order valence-electron chi connectivity index (χ1n) is 5.20. The van der Waals surface area contributed by atoms with Gasteiger partial charge in [0.2, 0.25) is 0 Å². The zero-order chi connectivity index (χ0) is 14.0. The Balaban J connectivity index is 2.46. The summed E-state index contributed by atoms with van der Waals surface area (Å²) in [6.07, 6.45) is 0. The summed E-state index contributed by atoms with van der Waals surface area (Å²) in [4.78, 5) is 11.4. The van der Waals surface area contributed by atoms with Crippen molar-refractivity contribution in [2.45, 2.75) is 0 Å². The first-order chi connectivity index (χ1) is 8.99. The highest BCUT2D eigenvalue weighted by atomic mass is 79.9. The Morgan fingerprint density at radius 3 is 2.68 bits per heavy atom. The lowest BCUT2D eigenvalue weighted by Gasteiger charge is -2.11. The normalized spacial score (nSPS) is 10.3. The first-order valence-corrected chi connectivity index (χ1v) is 6.37. The van der Waals surface area contributed by atoms with Gasteiger partial charge in [0, 0.05) is 6.07 Å². The molecule has 0 radical (unpaired) electrons. The number of carbonyl (C=O) groups excluding carboxylic acids is 1. The minimum absolute atomic E-state index is 0.0559. The molecule has 0 unspecified atom stereocenters. The zero-order valence-corrected chi connectivity index (χ0v) is 11.8. The van der Waals surface area contributed by atoms with E-state index in [9.17, 15) is 9.18 Å². The van der Waals surface area contributed by atoms with E-state index in [1.807, 2.05) is 0 Å². The van der Waals surface area contributed by atoms with Crippen LogP contribution in [0.2, 0.25) is 5.02 Å². The van der Waals surface area contributed by atoms with Crippen molar-refractivity contribution in [1.82, 2.24) is 0 Å². The molecule has 0 fully saturated rings. The Morgan fingerprint density at radius 1 is 1.26 bits per heavy atom. The smallest absolute Gasteiger partial charge is 0.254 e. The van der Waals surface area contributed by atoms with Gasteiger partial charge in [0.25, 0.3) is 5.91 Å². The molecule has 98 valence electrons. The number of halogens is 3. The Bertz CT molecular complexity index is 649. The molecule has 0 spiro atoms. The Hall–Kier alpha value is -1.59. The Kier molecular flexibility index (Phi) is 4.07. The second-order valence-electron chi connectivity index (χ2n) is 3.65. The second-order valence-corrected chi connectivity index (χ2v) is 4.92. The predicted molar refractivity (Wildman–Crippen MR) is 74.1 cm³/mol. The molecule has 1 amide bonds. The summed E-state index contributed by atoms with van der Waals surface area (Å²) in [5.74, 6) is -0.773. The number of amides is 1. The molecular weight excluding hydrogens is 337 g/mol. The van der Waals surface area contributed by atoms with Gasteiger partial charge in [0.1, 0.15) is 22.9 Å². The van der Waals surface area contributed by atoms with Crippen molar-refractivity contribution in [1.29, 1.82) is 0 Å². The average Bonchev–Trinajstić information content (AvgIpc) is 2.33. The zero-order valence-electron chi connectivity index (χ0n) is 9.49. The molecule has 0 atom stereocenters.